The van der Waals surface area contributed by atoms with Gasteiger partial charge in [0.15, 0.2) is 0 Å². The van der Waals surface area contributed by atoms with E-state index in [9.17, 15) is 4.79 Å². The summed E-state index contributed by atoms with van der Waals surface area (Å²) in [6, 6.07) is 11.8. The number of nitrogens with zero attached hydrogens (tertiary/aromatic N) is 1. The Morgan fingerprint density at radius 3 is 3.12 bits per heavy atom. The minimum absolute atomic E-state index is 0.0130. The van der Waals surface area contributed by atoms with Crippen molar-refractivity contribution in [3.63, 3.8) is 0 Å². The summed E-state index contributed by atoms with van der Waals surface area (Å²) in [5.41, 5.74) is 1.98. The lowest BCUT2D eigenvalue weighted by Crippen LogP contribution is -2.36. The number of carbonyl (C=O) groups excluding carboxylic acids is 1. The highest BCUT2D eigenvalue weighted by Crippen LogP contribution is 2.26. The SMILES string of the molecule is O=C(NC1CCN(Cc2cccc(Cl)c2)C1)c1cc2occc2s1. The molecule has 3 heterocycles. The van der Waals surface area contributed by atoms with Crippen molar-refractivity contribution in [1.82, 2.24) is 10.2 Å². The fourth-order valence-electron chi connectivity index (χ4n) is 3.12. The molecule has 24 heavy (non-hydrogen) atoms. The normalized spacial score (nSPS) is 18.3. The number of hydrogen-bond donors (Lipinski definition) is 1. The van der Waals surface area contributed by atoms with Crippen LogP contribution in [0.25, 0.3) is 10.3 Å². The first kappa shape index (κ1) is 15.7. The van der Waals surface area contributed by atoms with Gasteiger partial charge in [0.1, 0.15) is 5.58 Å². The van der Waals surface area contributed by atoms with Gasteiger partial charge in [-0.05, 0) is 30.2 Å². The number of benzene rings is 1. The van der Waals surface area contributed by atoms with Crippen LogP contribution in [0.3, 0.4) is 0 Å². The molecule has 1 amide bonds. The van der Waals surface area contributed by atoms with Crippen LogP contribution in [0.15, 0.2) is 47.1 Å². The lowest BCUT2D eigenvalue weighted by Gasteiger charge is -2.16. The molecule has 2 aromatic heterocycles. The van der Waals surface area contributed by atoms with Crippen molar-refractivity contribution in [3.05, 3.63) is 58.1 Å². The predicted molar refractivity (Wildman–Crippen MR) is 96.7 cm³/mol. The maximum atomic E-state index is 12.4. The fourth-order valence-corrected chi connectivity index (χ4v) is 4.22. The van der Waals surface area contributed by atoms with Crippen LogP contribution in [0, 0.1) is 0 Å². The molecule has 4 nitrogen and oxygen atoms in total. The second-order valence-electron chi connectivity index (χ2n) is 6.08. The Kier molecular flexibility index (Phi) is 4.31. The molecule has 1 aliphatic heterocycles. The number of amides is 1. The van der Waals surface area contributed by atoms with E-state index in [0.29, 0.717) is 4.88 Å². The van der Waals surface area contributed by atoms with E-state index in [-0.39, 0.29) is 11.9 Å². The topological polar surface area (TPSA) is 45.5 Å². The molecule has 0 spiro atoms. The zero-order chi connectivity index (χ0) is 16.5. The lowest BCUT2D eigenvalue weighted by molar-refractivity contribution is 0.0941. The van der Waals surface area contributed by atoms with Crippen molar-refractivity contribution in [2.45, 2.75) is 19.0 Å². The Bertz CT molecular complexity index is 844. The quantitative estimate of drug-likeness (QED) is 0.760. The van der Waals surface area contributed by atoms with Gasteiger partial charge in [-0.15, -0.1) is 11.3 Å². The van der Waals surface area contributed by atoms with E-state index >= 15 is 0 Å². The number of thiophene rings is 1. The molecule has 124 valence electrons. The summed E-state index contributed by atoms with van der Waals surface area (Å²) in [7, 11) is 0. The van der Waals surface area contributed by atoms with E-state index in [0.717, 1.165) is 41.4 Å². The van der Waals surface area contributed by atoms with Crippen molar-refractivity contribution < 1.29 is 9.21 Å². The molecule has 1 fully saturated rings. The van der Waals surface area contributed by atoms with E-state index in [2.05, 4.69) is 16.3 Å². The first-order chi connectivity index (χ1) is 11.7. The van der Waals surface area contributed by atoms with E-state index in [1.54, 1.807) is 6.26 Å². The predicted octanol–water partition coefficient (Wildman–Crippen LogP) is 4.15. The summed E-state index contributed by atoms with van der Waals surface area (Å²) in [4.78, 5) is 15.4. The fraction of sp³-hybridized carbons (Fsp3) is 0.278. The Morgan fingerprint density at radius 1 is 1.38 bits per heavy atom. The largest absolute Gasteiger partial charge is 0.463 e. The average molecular weight is 361 g/mol. The van der Waals surface area contributed by atoms with Gasteiger partial charge in [-0.2, -0.15) is 0 Å². The third-order valence-electron chi connectivity index (χ3n) is 4.27. The summed E-state index contributed by atoms with van der Waals surface area (Å²) in [6.45, 7) is 2.70. The molecular weight excluding hydrogens is 344 g/mol. The Balaban J connectivity index is 1.35. The second kappa shape index (κ2) is 6.59. The number of furan rings is 1. The molecule has 0 radical (unpaired) electrons. The minimum atomic E-state index is -0.0130. The summed E-state index contributed by atoms with van der Waals surface area (Å²) in [5, 5.41) is 3.90. The van der Waals surface area contributed by atoms with Gasteiger partial charge in [-0.25, -0.2) is 0 Å². The Labute approximate surface area is 149 Å². The molecule has 1 unspecified atom stereocenters. The van der Waals surface area contributed by atoms with Gasteiger partial charge in [0.25, 0.3) is 5.91 Å². The number of nitrogens with one attached hydrogen (secondary N) is 1. The summed E-state index contributed by atoms with van der Waals surface area (Å²) >= 11 is 7.50. The maximum absolute atomic E-state index is 12.4. The van der Waals surface area contributed by atoms with Gasteiger partial charge in [-0.1, -0.05) is 23.7 Å². The van der Waals surface area contributed by atoms with Gasteiger partial charge in [-0.3, -0.25) is 9.69 Å². The lowest BCUT2D eigenvalue weighted by atomic mass is 10.2. The summed E-state index contributed by atoms with van der Waals surface area (Å²) in [5.74, 6) is -0.0130. The third kappa shape index (κ3) is 3.34. The van der Waals surface area contributed by atoms with E-state index in [4.69, 9.17) is 16.0 Å². The highest BCUT2D eigenvalue weighted by atomic mass is 35.5. The number of rotatable bonds is 4. The van der Waals surface area contributed by atoms with Crippen LogP contribution in [-0.4, -0.2) is 29.9 Å². The van der Waals surface area contributed by atoms with Crippen molar-refractivity contribution >= 4 is 39.1 Å². The highest BCUT2D eigenvalue weighted by molar-refractivity contribution is 7.20. The van der Waals surface area contributed by atoms with Gasteiger partial charge in [0.05, 0.1) is 15.8 Å². The standard InChI is InChI=1S/C18H17ClN2O2S/c19-13-3-1-2-12(8-13)10-21-6-4-14(11-21)20-18(22)17-9-15-16(24-17)5-7-23-15/h1-3,5,7-9,14H,4,6,10-11H2,(H,20,22). The second-order valence-corrected chi connectivity index (χ2v) is 7.60. The summed E-state index contributed by atoms with van der Waals surface area (Å²) < 4.78 is 6.33. The monoisotopic (exact) mass is 360 g/mol. The molecule has 0 bridgehead atoms. The number of halogens is 1. The Morgan fingerprint density at radius 2 is 2.29 bits per heavy atom. The molecule has 1 saturated heterocycles. The molecule has 0 aliphatic carbocycles. The zero-order valence-corrected chi connectivity index (χ0v) is 14.6. The van der Waals surface area contributed by atoms with Crippen LogP contribution >= 0.6 is 22.9 Å². The summed E-state index contributed by atoms with van der Waals surface area (Å²) in [6.07, 6.45) is 2.61. The van der Waals surface area contributed by atoms with Crippen LogP contribution in [0.4, 0.5) is 0 Å². The van der Waals surface area contributed by atoms with Crippen LogP contribution in [0.5, 0.6) is 0 Å². The highest BCUT2D eigenvalue weighted by Gasteiger charge is 2.25. The first-order valence-corrected chi connectivity index (χ1v) is 9.11. The first-order valence-electron chi connectivity index (χ1n) is 7.92. The Hall–Kier alpha value is -1.82. The molecule has 4 rings (SSSR count). The van der Waals surface area contributed by atoms with Gasteiger partial charge < -0.3 is 9.73 Å². The van der Waals surface area contributed by atoms with Gasteiger partial charge >= 0.3 is 0 Å². The number of likely N-dealkylation sites (tertiary alicyclic amines) is 1. The minimum Gasteiger partial charge on any atom is -0.463 e. The maximum Gasteiger partial charge on any atom is 0.261 e. The third-order valence-corrected chi connectivity index (χ3v) is 5.58. The molecule has 3 aromatic rings. The van der Waals surface area contributed by atoms with Crippen LogP contribution in [0.1, 0.15) is 21.7 Å². The number of fused-ring (bicyclic) bond motifs is 1. The van der Waals surface area contributed by atoms with E-state index < -0.39 is 0 Å². The van der Waals surface area contributed by atoms with Crippen molar-refractivity contribution in [2.24, 2.45) is 0 Å². The molecular formula is C18H17ClN2O2S. The molecule has 1 aliphatic rings. The van der Waals surface area contributed by atoms with E-state index in [1.807, 2.05) is 30.3 Å². The van der Waals surface area contributed by atoms with E-state index in [1.165, 1.54) is 16.9 Å². The molecule has 6 heteroatoms. The van der Waals surface area contributed by atoms with Crippen LogP contribution < -0.4 is 5.32 Å². The average Bonchev–Trinajstić information content (AvgIpc) is 3.23. The number of hydrogen-bond acceptors (Lipinski definition) is 4. The van der Waals surface area contributed by atoms with Crippen molar-refractivity contribution in [2.75, 3.05) is 13.1 Å². The van der Waals surface area contributed by atoms with Crippen LogP contribution in [-0.2, 0) is 6.54 Å². The van der Waals surface area contributed by atoms with Gasteiger partial charge in [0, 0.05) is 36.8 Å². The van der Waals surface area contributed by atoms with Crippen LogP contribution in [0.2, 0.25) is 5.02 Å². The molecule has 0 saturated carbocycles. The van der Waals surface area contributed by atoms with Crippen molar-refractivity contribution in [3.8, 4) is 0 Å². The molecule has 1 atom stereocenters. The smallest absolute Gasteiger partial charge is 0.261 e. The van der Waals surface area contributed by atoms with Crippen molar-refractivity contribution in [1.29, 1.82) is 0 Å². The zero-order valence-electron chi connectivity index (χ0n) is 13.0. The molecule has 1 N–H and O–H groups in total. The number of carbonyl (C=O) groups is 1. The molecule has 1 aromatic carbocycles. The van der Waals surface area contributed by atoms with Gasteiger partial charge in [0.2, 0.25) is 0 Å².